The number of anilines is 1. The van der Waals surface area contributed by atoms with Crippen molar-refractivity contribution in [2.45, 2.75) is 0 Å². The normalized spacial score (nSPS) is 10.9. The van der Waals surface area contributed by atoms with Gasteiger partial charge < -0.3 is 5.32 Å². The Kier molecular flexibility index (Phi) is 3.55. The zero-order valence-electron chi connectivity index (χ0n) is 12.3. The van der Waals surface area contributed by atoms with Crippen LogP contribution >= 0.6 is 11.3 Å². The van der Waals surface area contributed by atoms with Crippen LogP contribution in [0.5, 0.6) is 0 Å². The maximum atomic E-state index is 13.8. The highest BCUT2D eigenvalue weighted by Gasteiger charge is 2.14. The number of rotatable bonds is 3. The molecule has 0 saturated carbocycles. The minimum Gasteiger partial charge on any atom is -0.319 e. The number of carbonyl (C=O) groups is 1. The maximum Gasteiger partial charge on any atom is 0.265 e. The lowest BCUT2D eigenvalue weighted by atomic mass is 10.2. The summed E-state index contributed by atoms with van der Waals surface area (Å²) in [5.74, 6) is -0.617. The van der Waals surface area contributed by atoms with Gasteiger partial charge in [-0.05, 0) is 30.3 Å². The van der Waals surface area contributed by atoms with E-state index in [-0.39, 0.29) is 11.7 Å². The molecule has 2 aromatic heterocycles. The minimum atomic E-state index is -0.328. The third kappa shape index (κ3) is 2.55. The van der Waals surface area contributed by atoms with Gasteiger partial charge in [-0.15, -0.1) is 11.3 Å². The molecule has 0 aliphatic rings. The average molecular weight is 338 g/mol. The number of amides is 1. The van der Waals surface area contributed by atoms with Crippen molar-refractivity contribution < 1.29 is 9.18 Å². The summed E-state index contributed by atoms with van der Waals surface area (Å²) in [6.45, 7) is 0. The molecule has 0 aliphatic carbocycles. The molecule has 4 rings (SSSR count). The van der Waals surface area contributed by atoms with Gasteiger partial charge in [-0.3, -0.25) is 4.79 Å². The molecule has 0 aliphatic heterocycles. The van der Waals surface area contributed by atoms with E-state index in [4.69, 9.17) is 0 Å². The molecule has 1 N–H and O–H groups in total. The predicted molar refractivity (Wildman–Crippen MR) is 91.1 cm³/mol. The summed E-state index contributed by atoms with van der Waals surface area (Å²) in [5.41, 5.74) is 1.31. The second kappa shape index (κ2) is 5.86. The lowest BCUT2D eigenvalue weighted by Gasteiger charge is -2.09. The number of aromatic nitrogens is 3. The second-order valence-corrected chi connectivity index (χ2v) is 6.16. The fraction of sp³-hybridized carbons (Fsp3) is 0. The molecule has 2 heterocycles. The maximum absolute atomic E-state index is 13.8. The van der Waals surface area contributed by atoms with Crippen LogP contribution < -0.4 is 5.32 Å². The van der Waals surface area contributed by atoms with Crippen molar-refractivity contribution in [2.75, 3.05) is 5.32 Å². The summed E-state index contributed by atoms with van der Waals surface area (Å²) in [6, 6.07) is 13.7. The molecule has 0 bridgehead atoms. The van der Waals surface area contributed by atoms with Crippen LogP contribution in [0.1, 0.15) is 9.67 Å². The van der Waals surface area contributed by atoms with Gasteiger partial charge >= 0.3 is 0 Å². The van der Waals surface area contributed by atoms with Crippen LogP contribution in [0.2, 0.25) is 0 Å². The van der Waals surface area contributed by atoms with Gasteiger partial charge in [0.15, 0.2) is 0 Å². The molecule has 7 heteroatoms. The van der Waals surface area contributed by atoms with Gasteiger partial charge in [0.05, 0.1) is 16.3 Å². The molecule has 0 atom stereocenters. The van der Waals surface area contributed by atoms with Gasteiger partial charge in [0.2, 0.25) is 0 Å². The number of hydrogen-bond donors (Lipinski definition) is 1. The first kappa shape index (κ1) is 14.5. The Bertz CT molecular complexity index is 1030. The minimum absolute atomic E-state index is 0.289. The Hall–Kier alpha value is -3.06. The number of thiophene rings is 1. The van der Waals surface area contributed by atoms with E-state index in [9.17, 15) is 9.18 Å². The highest BCUT2D eigenvalue weighted by Crippen LogP contribution is 2.29. The molecule has 0 fully saturated rings. The van der Waals surface area contributed by atoms with E-state index in [2.05, 4.69) is 15.4 Å². The zero-order valence-corrected chi connectivity index (χ0v) is 13.1. The number of halogens is 1. The first-order valence-electron chi connectivity index (χ1n) is 7.16. The van der Waals surface area contributed by atoms with Crippen LogP contribution in [0.15, 0.2) is 61.2 Å². The first-order chi connectivity index (χ1) is 11.7. The molecule has 2 aromatic carbocycles. The summed E-state index contributed by atoms with van der Waals surface area (Å²) in [6.07, 6.45) is 2.98. The molecule has 4 aromatic rings. The van der Waals surface area contributed by atoms with E-state index in [1.54, 1.807) is 35.3 Å². The Labute approximate surface area is 140 Å². The van der Waals surface area contributed by atoms with E-state index < -0.39 is 0 Å². The fourth-order valence-corrected chi connectivity index (χ4v) is 3.40. The largest absolute Gasteiger partial charge is 0.319 e. The highest BCUT2D eigenvalue weighted by atomic mass is 32.1. The summed E-state index contributed by atoms with van der Waals surface area (Å²) in [7, 11) is 0. The molecular formula is C17H11FN4OS. The quantitative estimate of drug-likeness (QED) is 0.617. The Morgan fingerprint density at radius 3 is 2.83 bits per heavy atom. The highest BCUT2D eigenvalue weighted by molar-refractivity contribution is 7.20. The molecule has 1 amide bonds. The van der Waals surface area contributed by atoms with Crippen molar-refractivity contribution in [3.63, 3.8) is 0 Å². The van der Waals surface area contributed by atoms with Crippen molar-refractivity contribution in [1.82, 2.24) is 14.8 Å². The van der Waals surface area contributed by atoms with Crippen LogP contribution in [0.4, 0.5) is 10.1 Å². The number of nitrogens with one attached hydrogen (secondary N) is 1. The summed E-state index contributed by atoms with van der Waals surface area (Å²) in [5, 5.41) is 7.39. The van der Waals surface area contributed by atoms with Crippen molar-refractivity contribution in [3.05, 3.63) is 71.9 Å². The van der Waals surface area contributed by atoms with E-state index >= 15 is 0 Å². The summed E-state index contributed by atoms with van der Waals surface area (Å²) in [4.78, 5) is 16.9. The van der Waals surface area contributed by atoms with Gasteiger partial charge in [0, 0.05) is 10.1 Å². The lowest BCUT2D eigenvalue weighted by Crippen LogP contribution is -2.12. The van der Waals surface area contributed by atoms with E-state index in [0.29, 0.717) is 21.6 Å². The summed E-state index contributed by atoms with van der Waals surface area (Å²) >= 11 is 1.26. The number of nitrogens with zero attached hydrogens (tertiary/aromatic N) is 3. The van der Waals surface area contributed by atoms with E-state index in [1.807, 2.05) is 18.2 Å². The Morgan fingerprint density at radius 2 is 2.04 bits per heavy atom. The zero-order chi connectivity index (χ0) is 16.5. The van der Waals surface area contributed by atoms with Crippen LogP contribution in [-0.4, -0.2) is 20.7 Å². The average Bonchev–Trinajstić information content (AvgIpc) is 3.25. The second-order valence-electron chi connectivity index (χ2n) is 5.07. The standard InChI is InChI=1S/C17H11FN4OS/c18-12-4-3-7-15-11(12)8-16(24-15)17(23)21-13-5-1-2-6-14(13)22-10-19-9-20-22/h1-10H,(H,21,23). The first-order valence-corrected chi connectivity index (χ1v) is 7.97. The molecule has 5 nitrogen and oxygen atoms in total. The molecule has 0 radical (unpaired) electrons. The molecule has 118 valence electrons. The Balaban J connectivity index is 1.68. The number of fused-ring (bicyclic) bond motifs is 1. The smallest absolute Gasteiger partial charge is 0.265 e. The topological polar surface area (TPSA) is 59.8 Å². The van der Waals surface area contributed by atoms with E-state index in [0.717, 1.165) is 4.70 Å². The molecule has 0 saturated heterocycles. The third-order valence-electron chi connectivity index (χ3n) is 3.55. The number of para-hydroxylation sites is 2. The molecule has 24 heavy (non-hydrogen) atoms. The Morgan fingerprint density at radius 1 is 1.17 bits per heavy atom. The van der Waals surface area contributed by atoms with Crippen molar-refractivity contribution in [3.8, 4) is 5.69 Å². The van der Waals surface area contributed by atoms with Crippen LogP contribution in [0, 0.1) is 5.82 Å². The predicted octanol–water partition coefficient (Wildman–Crippen LogP) is 3.87. The lowest BCUT2D eigenvalue weighted by molar-refractivity contribution is 0.103. The fourth-order valence-electron chi connectivity index (χ4n) is 2.43. The van der Waals surface area contributed by atoms with Gasteiger partial charge in [-0.2, -0.15) is 5.10 Å². The molecule has 0 spiro atoms. The van der Waals surface area contributed by atoms with Crippen LogP contribution in [0.3, 0.4) is 0 Å². The SMILES string of the molecule is O=C(Nc1ccccc1-n1cncn1)c1cc2c(F)cccc2s1. The number of carbonyl (C=O) groups excluding carboxylic acids is 1. The van der Waals surface area contributed by atoms with Crippen LogP contribution in [-0.2, 0) is 0 Å². The van der Waals surface area contributed by atoms with Gasteiger partial charge in [-0.25, -0.2) is 14.1 Å². The number of benzene rings is 2. The van der Waals surface area contributed by atoms with E-state index in [1.165, 1.54) is 23.7 Å². The van der Waals surface area contributed by atoms with Gasteiger partial charge in [-0.1, -0.05) is 18.2 Å². The monoisotopic (exact) mass is 338 g/mol. The molecular weight excluding hydrogens is 327 g/mol. The van der Waals surface area contributed by atoms with Crippen molar-refractivity contribution in [2.24, 2.45) is 0 Å². The molecule has 0 unspecified atom stereocenters. The van der Waals surface area contributed by atoms with Gasteiger partial charge in [0.1, 0.15) is 18.5 Å². The number of hydrogen-bond acceptors (Lipinski definition) is 4. The third-order valence-corrected chi connectivity index (χ3v) is 4.65. The van der Waals surface area contributed by atoms with Crippen molar-refractivity contribution >= 4 is 33.0 Å². The van der Waals surface area contributed by atoms with Gasteiger partial charge in [0.25, 0.3) is 5.91 Å². The summed E-state index contributed by atoms with van der Waals surface area (Å²) < 4.78 is 16.1. The van der Waals surface area contributed by atoms with Crippen LogP contribution in [0.25, 0.3) is 15.8 Å². The van der Waals surface area contributed by atoms with Crippen molar-refractivity contribution in [1.29, 1.82) is 0 Å².